The number of aryl methyl sites for hydroxylation is 1. The summed E-state index contributed by atoms with van der Waals surface area (Å²) in [4.78, 5) is 16.2. The highest BCUT2D eigenvalue weighted by atomic mass is 32.1. The first-order valence-corrected chi connectivity index (χ1v) is 8.60. The van der Waals surface area contributed by atoms with Crippen LogP contribution in [0.25, 0.3) is 0 Å². The lowest BCUT2D eigenvalue weighted by Crippen LogP contribution is -2.42. The first kappa shape index (κ1) is 15.3. The molecule has 2 heterocycles. The van der Waals surface area contributed by atoms with Crippen molar-refractivity contribution in [3.8, 4) is 0 Å². The van der Waals surface area contributed by atoms with Crippen LogP contribution in [0.15, 0.2) is 41.8 Å². The van der Waals surface area contributed by atoms with Crippen LogP contribution in [0.2, 0.25) is 0 Å². The summed E-state index contributed by atoms with van der Waals surface area (Å²) in [5.41, 5.74) is 1.95. The fraction of sp³-hybridized carbons (Fsp3) is 0.389. The van der Waals surface area contributed by atoms with Crippen LogP contribution < -0.4 is 0 Å². The van der Waals surface area contributed by atoms with E-state index in [1.807, 2.05) is 42.2 Å². The van der Waals surface area contributed by atoms with Gasteiger partial charge in [-0.05, 0) is 43.3 Å². The van der Waals surface area contributed by atoms with Crippen molar-refractivity contribution in [3.63, 3.8) is 0 Å². The minimum atomic E-state index is 0.125. The Balaban J connectivity index is 1.82. The van der Waals surface area contributed by atoms with Gasteiger partial charge in [-0.2, -0.15) is 0 Å². The van der Waals surface area contributed by atoms with Gasteiger partial charge in [0.15, 0.2) is 0 Å². The maximum atomic E-state index is 13.0. The molecule has 1 aromatic heterocycles. The number of ether oxygens (including phenoxy) is 1. The fourth-order valence-corrected chi connectivity index (χ4v) is 3.50. The minimum Gasteiger partial charge on any atom is -0.381 e. The predicted octanol–water partition coefficient (Wildman–Crippen LogP) is 3.88. The van der Waals surface area contributed by atoms with Crippen molar-refractivity contribution in [1.82, 2.24) is 4.90 Å². The average Bonchev–Trinajstić information content (AvgIpc) is 3.07. The van der Waals surface area contributed by atoms with E-state index in [0.29, 0.717) is 6.54 Å². The Morgan fingerprint density at radius 1 is 1.23 bits per heavy atom. The molecule has 0 unspecified atom stereocenters. The number of amides is 1. The summed E-state index contributed by atoms with van der Waals surface area (Å²) in [6.07, 6.45) is 1.84. The molecule has 0 spiro atoms. The second-order valence-corrected chi connectivity index (χ2v) is 6.75. The molecule has 0 aliphatic carbocycles. The summed E-state index contributed by atoms with van der Waals surface area (Å²) in [7, 11) is 0. The van der Waals surface area contributed by atoms with Crippen LogP contribution in [0.1, 0.15) is 33.6 Å². The van der Waals surface area contributed by atoms with E-state index in [1.165, 1.54) is 10.4 Å². The molecule has 0 bridgehead atoms. The molecule has 0 radical (unpaired) electrons. The number of benzene rings is 1. The maximum Gasteiger partial charge on any atom is 0.254 e. The lowest BCUT2D eigenvalue weighted by Gasteiger charge is -2.34. The Labute approximate surface area is 135 Å². The monoisotopic (exact) mass is 315 g/mol. The van der Waals surface area contributed by atoms with Gasteiger partial charge in [0.1, 0.15) is 0 Å². The minimum absolute atomic E-state index is 0.125. The second-order valence-electron chi connectivity index (χ2n) is 5.72. The lowest BCUT2D eigenvalue weighted by atomic mass is 10.0. The summed E-state index contributed by atoms with van der Waals surface area (Å²) in [5, 5.41) is 2.06. The smallest absolute Gasteiger partial charge is 0.254 e. The number of carbonyl (C=O) groups excluding carboxylic acids is 1. The van der Waals surface area contributed by atoms with E-state index in [0.717, 1.165) is 31.6 Å². The van der Waals surface area contributed by atoms with E-state index in [-0.39, 0.29) is 11.9 Å². The Morgan fingerprint density at radius 3 is 2.59 bits per heavy atom. The summed E-state index contributed by atoms with van der Waals surface area (Å²) in [5.74, 6) is 0.125. The first-order chi connectivity index (χ1) is 10.7. The molecule has 1 aliphatic heterocycles. The van der Waals surface area contributed by atoms with Gasteiger partial charge in [-0.15, -0.1) is 11.3 Å². The molecular formula is C18H21NO2S. The highest BCUT2D eigenvalue weighted by Gasteiger charge is 2.27. The van der Waals surface area contributed by atoms with Gasteiger partial charge in [0.05, 0.1) is 6.54 Å². The highest BCUT2D eigenvalue weighted by molar-refractivity contribution is 7.09. The van der Waals surface area contributed by atoms with Crippen LogP contribution in [0.4, 0.5) is 0 Å². The van der Waals surface area contributed by atoms with Crippen LogP contribution in [-0.2, 0) is 11.3 Å². The number of thiophene rings is 1. The normalized spacial score (nSPS) is 15.7. The molecule has 3 rings (SSSR count). The van der Waals surface area contributed by atoms with Crippen LogP contribution in [0, 0.1) is 6.92 Å². The van der Waals surface area contributed by atoms with Crippen LogP contribution in [0.5, 0.6) is 0 Å². The predicted molar refractivity (Wildman–Crippen MR) is 89.2 cm³/mol. The molecule has 22 heavy (non-hydrogen) atoms. The van der Waals surface area contributed by atoms with Crippen molar-refractivity contribution in [2.45, 2.75) is 32.4 Å². The largest absolute Gasteiger partial charge is 0.381 e. The van der Waals surface area contributed by atoms with Gasteiger partial charge in [0.2, 0.25) is 0 Å². The van der Waals surface area contributed by atoms with Gasteiger partial charge in [0, 0.05) is 29.7 Å². The number of nitrogens with zero attached hydrogens (tertiary/aromatic N) is 1. The number of rotatable bonds is 4. The zero-order chi connectivity index (χ0) is 15.4. The lowest BCUT2D eigenvalue weighted by molar-refractivity contribution is 0.0270. The Kier molecular flexibility index (Phi) is 4.90. The van der Waals surface area contributed by atoms with Gasteiger partial charge >= 0.3 is 0 Å². The molecule has 0 saturated carbocycles. The summed E-state index contributed by atoms with van der Waals surface area (Å²) in [6, 6.07) is 12.3. The van der Waals surface area contributed by atoms with Crippen molar-refractivity contribution >= 4 is 17.2 Å². The molecule has 1 aliphatic rings. The molecule has 1 fully saturated rings. The van der Waals surface area contributed by atoms with Crippen LogP contribution in [-0.4, -0.2) is 30.1 Å². The molecule has 1 saturated heterocycles. The van der Waals surface area contributed by atoms with Crippen molar-refractivity contribution in [3.05, 3.63) is 57.8 Å². The summed E-state index contributed by atoms with van der Waals surface area (Å²) < 4.78 is 5.45. The van der Waals surface area contributed by atoms with Crippen LogP contribution in [0.3, 0.4) is 0 Å². The Hall–Kier alpha value is -1.65. The van der Waals surface area contributed by atoms with E-state index < -0.39 is 0 Å². The summed E-state index contributed by atoms with van der Waals surface area (Å²) in [6.45, 7) is 4.21. The summed E-state index contributed by atoms with van der Waals surface area (Å²) >= 11 is 1.71. The Bertz CT molecular complexity index is 601. The van der Waals surface area contributed by atoms with Gasteiger partial charge in [-0.3, -0.25) is 4.79 Å². The molecule has 116 valence electrons. The third kappa shape index (κ3) is 3.57. The molecule has 0 atom stereocenters. The maximum absolute atomic E-state index is 13.0. The van der Waals surface area contributed by atoms with Gasteiger partial charge in [0.25, 0.3) is 5.91 Å². The van der Waals surface area contributed by atoms with Gasteiger partial charge in [-0.25, -0.2) is 0 Å². The number of carbonyl (C=O) groups is 1. The third-order valence-corrected chi connectivity index (χ3v) is 4.96. The quantitative estimate of drug-likeness (QED) is 0.857. The fourth-order valence-electron chi connectivity index (χ4n) is 2.80. The van der Waals surface area contributed by atoms with E-state index in [2.05, 4.69) is 11.4 Å². The molecule has 1 aromatic carbocycles. The Morgan fingerprint density at radius 2 is 1.95 bits per heavy atom. The molecule has 3 nitrogen and oxygen atoms in total. The van der Waals surface area contributed by atoms with Gasteiger partial charge in [-0.1, -0.05) is 23.8 Å². The van der Waals surface area contributed by atoms with E-state index in [9.17, 15) is 4.79 Å². The van der Waals surface area contributed by atoms with Crippen molar-refractivity contribution < 1.29 is 9.53 Å². The topological polar surface area (TPSA) is 29.5 Å². The molecule has 2 aromatic rings. The van der Waals surface area contributed by atoms with E-state index in [4.69, 9.17) is 4.74 Å². The molecule has 1 amide bonds. The average molecular weight is 315 g/mol. The van der Waals surface area contributed by atoms with E-state index in [1.54, 1.807) is 11.3 Å². The second kappa shape index (κ2) is 7.07. The zero-order valence-corrected chi connectivity index (χ0v) is 13.6. The standard InChI is InChI=1S/C18H21NO2S/c1-14-4-6-15(7-5-14)18(20)19(13-17-3-2-12-22-17)16-8-10-21-11-9-16/h2-7,12,16H,8-11,13H2,1H3. The van der Waals surface area contributed by atoms with Crippen LogP contribution >= 0.6 is 11.3 Å². The highest BCUT2D eigenvalue weighted by Crippen LogP contribution is 2.22. The van der Waals surface area contributed by atoms with Crippen molar-refractivity contribution in [2.75, 3.05) is 13.2 Å². The SMILES string of the molecule is Cc1ccc(C(=O)N(Cc2cccs2)C2CCOCC2)cc1. The first-order valence-electron chi connectivity index (χ1n) is 7.72. The molecule has 0 N–H and O–H groups in total. The van der Waals surface area contributed by atoms with Crippen molar-refractivity contribution in [2.24, 2.45) is 0 Å². The third-order valence-electron chi connectivity index (χ3n) is 4.10. The molecular weight excluding hydrogens is 294 g/mol. The number of hydrogen-bond acceptors (Lipinski definition) is 3. The zero-order valence-electron chi connectivity index (χ0n) is 12.8. The molecule has 4 heteroatoms. The number of hydrogen-bond donors (Lipinski definition) is 0. The van der Waals surface area contributed by atoms with Crippen molar-refractivity contribution in [1.29, 1.82) is 0 Å². The van der Waals surface area contributed by atoms with Gasteiger partial charge < -0.3 is 9.64 Å². The van der Waals surface area contributed by atoms with E-state index >= 15 is 0 Å².